The first-order valence-electron chi connectivity index (χ1n) is 3.86. The van der Waals surface area contributed by atoms with Crippen LogP contribution in [-0.4, -0.2) is 18.9 Å². The minimum atomic E-state index is -4.40. The predicted molar refractivity (Wildman–Crippen MR) is 55.6 cm³/mol. The number of anilines is 1. The summed E-state index contributed by atoms with van der Waals surface area (Å²) in [5, 5.41) is 2.28. The molecule has 82 valence electrons. The zero-order chi connectivity index (χ0) is 11.6. The zero-order valence-electron chi connectivity index (χ0n) is 7.69. The van der Waals surface area contributed by atoms with Gasteiger partial charge < -0.3 is 5.32 Å². The minimum Gasteiger partial charge on any atom is -0.324 e. The van der Waals surface area contributed by atoms with Crippen molar-refractivity contribution >= 4 is 33.3 Å². The Bertz CT molecular complexity index is 497. The topological polar surface area (TPSA) is 83.5 Å². The molecule has 7 heteroatoms. The van der Waals surface area contributed by atoms with Crippen molar-refractivity contribution in [1.29, 1.82) is 0 Å². The number of hydrogen-bond donors (Lipinski definition) is 2. The van der Waals surface area contributed by atoms with E-state index < -0.39 is 20.9 Å². The highest BCUT2D eigenvalue weighted by Crippen LogP contribution is 2.29. The molecule has 0 saturated carbocycles. The largest absolute Gasteiger partial charge is 0.324 e. The van der Waals surface area contributed by atoms with Gasteiger partial charge in [-0.3, -0.25) is 9.35 Å². The maximum atomic E-state index is 10.9. The molecule has 1 amide bonds. The Kier molecular flexibility index (Phi) is 3.33. The molecule has 0 aromatic heterocycles. The van der Waals surface area contributed by atoms with E-state index in [0.717, 1.165) is 6.07 Å². The molecule has 0 aliphatic carbocycles. The van der Waals surface area contributed by atoms with Crippen molar-refractivity contribution < 1.29 is 17.8 Å². The van der Waals surface area contributed by atoms with Crippen LogP contribution in [0.15, 0.2) is 23.1 Å². The van der Waals surface area contributed by atoms with Crippen LogP contribution in [0.3, 0.4) is 0 Å². The molecule has 0 radical (unpaired) electrons. The monoisotopic (exact) mass is 249 g/mol. The highest BCUT2D eigenvalue weighted by Gasteiger charge is 2.18. The molecular formula is C8H8ClNO4S. The van der Waals surface area contributed by atoms with Gasteiger partial charge in [-0.05, 0) is 12.1 Å². The van der Waals surface area contributed by atoms with Crippen molar-refractivity contribution in [1.82, 2.24) is 0 Å². The summed E-state index contributed by atoms with van der Waals surface area (Å²) in [5.74, 6) is -0.479. The van der Waals surface area contributed by atoms with Gasteiger partial charge in [0.25, 0.3) is 10.1 Å². The van der Waals surface area contributed by atoms with Crippen molar-refractivity contribution in [3.05, 3.63) is 23.2 Å². The van der Waals surface area contributed by atoms with E-state index in [1.165, 1.54) is 19.1 Å². The van der Waals surface area contributed by atoms with Crippen LogP contribution in [0.1, 0.15) is 6.92 Å². The Labute approximate surface area is 91.8 Å². The summed E-state index contributed by atoms with van der Waals surface area (Å²) in [6, 6.07) is 3.91. The van der Waals surface area contributed by atoms with Crippen LogP contribution in [-0.2, 0) is 14.9 Å². The first kappa shape index (κ1) is 12.0. The SMILES string of the molecule is CC(=O)Nc1c(Cl)cccc1S(=O)(=O)O. The average molecular weight is 250 g/mol. The van der Waals surface area contributed by atoms with Crippen molar-refractivity contribution in [3.8, 4) is 0 Å². The fourth-order valence-corrected chi connectivity index (χ4v) is 1.96. The Hall–Kier alpha value is -1.11. The smallest absolute Gasteiger partial charge is 0.296 e. The second-order valence-corrected chi connectivity index (χ2v) is 4.57. The van der Waals surface area contributed by atoms with E-state index in [2.05, 4.69) is 5.32 Å². The third kappa shape index (κ3) is 2.92. The molecule has 0 heterocycles. The molecule has 0 bridgehead atoms. The molecule has 0 saturated heterocycles. The lowest BCUT2D eigenvalue weighted by atomic mass is 10.3. The average Bonchev–Trinajstić information content (AvgIpc) is 2.05. The number of para-hydroxylation sites is 1. The Morgan fingerprint density at radius 2 is 2.07 bits per heavy atom. The lowest BCUT2D eigenvalue weighted by Gasteiger charge is -2.08. The van der Waals surface area contributed by atoms with E-state index >= 15 is 0 Å². The van der Waals surface area contributed by atoms with Gasteiger partial charge in [0.15, 0.2) is 0 Å². The van der Waals surface area contributed by atoms with Crippen LogP contribution >= 0.6 is 11.6 Å². The van der Waals surface area contributed by atoms with E-state index in [4.69, 9.17) is 16.2 Å². The number of halogens is 1. The van der Waals surface area contributed by atoms with E-state index in [-0.39, 0.29) is 10.7 Å². The summed E-state index contributed by atoms with van der Waals surface area (Å²) >= 11 is 5.69. The molecule has 1 aromatic rings. The molecular weight excluding hydrogens is 242 g/mol. The van der Waals surface area contributed by atoms with Gasteiger partial charge in [-0.2, -0.15) is 8.42 Å². The predicted octanol–water partition coefficient (Wildman–Crippen LogP) is 1.55. The number of benzene rings is 1. The summed E-state index contributed by atoms with van der Waals surface area (Å²) in [4.78, 5) is 10.4. The van der Waals surface area contributed by atoms with E-state index in [1.807, 2.05) is 0 Å². The van der Waals surface area contributed by atoms with Crippen molar-refractivity contribution in [2.45, 2.75) is 11.8 Å². The summed E-state index contributed by atoms with van der Waals surface area (Å²) in [7, 11) is -4.40. The molecule has 15 heavy (non-hydrogen) atoms. The highest BCUT2D eigenvalue weighted by atomic mass is 35.5. The van der Waals surface area contributed by atoms with Gasteiger partial charge in [0, 0.05) is 6.92 Å². The zero-order valence-corrected chi connectivity index (χ0v) is 9.26. The normalized spacial score (nSPS) is 11.1. The van der Waals surface area contributed by atoms with Gasteiger partial charge in [-0.25, -0.2) is 0 Å². The van der Waals surface area contributed by atoms with Gasteiger partial charge in [0.05, 0.1) is 10.7 Å². The third-order valence-corrected chi connectivity index (χ3v) is 2.77. The van der Waals surface area contributed by atoms with Gasteiger partial charge in [-0.15, -0.1) is 0 Å². The fraction of sp³-hybridized carbons (Fsp3) is 0.125. The number of amides is 1. The molecule has 2 N–H and O–H groups in total. The summed E-state index contributed by atoms with van der Waals surface area (Å²) in [6.45, 7) is 1.21. The van der Waals surface area contributed by atoms with Gasteiger partial charge in [-0.1, -0.05) is 17.7 Å². The number of nitrogens with one attached hydrogen (secondary N) is 1. The number of hydrogen-bond acceptors (Lipinski definition) is 3. The van der Waals surface area contributed by atoms with Gasteiger partial charge in [0.1, 0.15) is 4.90 Å². The molecule has 0 aliphatic heterocycles. The van der Waals surface area contributed by atoms with Crippen LogP contribution in [0.2, 0.25) is 5.02 Å². The summed E-state index contributed by atoms with van der Waals surface area (Å²) in [6.07, 6.45) is 0. The first-order chi connectivity index (χ1) is 6.82. The number of carbonyl (C=O) groups is 1. The maximum Gasteiger partial charge on any atom is 0.296 e. The van der Waals surface area contributed by atoms with Crippen LogP contribution in [0.25, 0.3) is 0 Å². The van der Waals surface area contributed by atoms with Crippen molar-refractivity contribution in [3.63, 3.8) is 0 Å². The quantitative estimate of drug-likeness (QED) is 0.779. The molecule has 5 nitrogen and oxygen atoms in total. The summed E-state index contributed by atoms with van der Waals surface area (Å²) < 4.78 is 30.7. The van der Waals surface area contributed by atoms with Gasteiger partial charge >= 0.3 is 0 Å². The third-order valence-electron chi connectivity index (χ3n) is 1.55. The molecule has 0 atom stereocenters. The number of rotatable bonds is 2. The standard InChI is InChI=1S/C8H8ClNO4S/c1-5(11)10-8-6(9)3-2-4-7(8)15(12,13)14/h2-4H,1H3,(H,10,11)(H,12,13,14). The molecule has 0 fully saturated rings. The molecule has 0 spiro atoms. The Morgan fingerprint density at radius 3 is 2.53 bits per heavy atom. The first-order valence-corrected chi connectivity index (χ1v) is 5.68. The van der Waals surface area contributed by atoms with Gasteiger partial charge in [0.2, 0.25) is 5.91 Å². The minimum absolute atomic E-state index is 0.0420. The Balaban J connectivity index is 3.40. The second kappa shape index (κ2) is 4.18. The fourth-order valence-electron chi connectivity index (χ4n) is 1.02. The molecule has 1 rings (SSSR count). The van der Waals surface area contributed by atoms with E-state index in [0.29, 0.717) is 0 Å². The van der Waals surface area contributed by atoms with Crippen LogP contribution in [0, 0.1) is 0 Å². The molecule has 0 aliphatic rings. The Morgan fingerprint density at radius 1 is 1.47 bits per heavy atom. The lowest BCUT2D eigenvalue weighted by molar-refractivity contribution is -0.114. The van der Waals surface area contributed by atoms with E-state index in [1.54, 1.807) is 0 Å². The maximum absolute atomic E-state index is 10.9. The van der Waals surface area contributed by atoms with Crippen LogP contribution in [0.5, 0.6) is 0 Å². The molecule has 0 unspecified atom stereocenters. The van der Waals surface area contributed by atoms with Crippen molar-refractivity contribution in [2.24, 2.45) is 0 Å². The van der Waals surface area contributed by atoms with Crippen molar-refractivity contribution in [2.75, 3.05) is 5.32 Å². The van der Waals surface area contributed by atoms with E-state index in [9.17, 15) is 13.2 Å². The highest BCUT2D eigenvalue weighted by molar-refractivity contribution is 7.86. The second-order valence-electron chi connectivity index (χ2n) is 2.77. The molecule has 1 aromatic carbocycles. The van der Waals surface area contributed by atoms with Crippen LogP contribution < -0.4 is 5.32 Å². The lowest BCUT2D eigenvalue weighted by Crippen LogP contribution is -2.11. The summed E-state index contributed by atoms with van der Waals surface area (Å²) in [5.41, 5.74) is -0.117. The van der Waals surface area contributed by atoms with Crippen LogP contribution in [0.4, 0.5) is 5.69 Å². The number of carbonyl (C=O) groups excluding carboxylic acids is 1.